The Kier molecular flexibility index (Phi) is 2.32. The highest BCUT2D eigenvalue weighted by Crippen LogP contribution is 2.24. The first-order valence-corrected chi connectivity index (χ1v) is 4.81. The molecular formula is C11H15NO. The van der Waals surface area contributed by atoms with Crippen molar-refractivity contribution in [1.82, 2.24) is 4.98 Å². The van der Waals surface area contributed by atoms with Gasteiger partial charge in [0.15, 0.2) is 0 Å². The Balaban J connectivity index is 2.13. The average molecular weight is 177 g/mol. The lowest BCUT2D eigenvalue weighted by molar-refractivity contribution is 0.00828. The predicted molar refractivity (Wildman–Crippen MR) is 51.9 cm³/mol. The molecule has 0 saturated carbocycles. The molecule has 0 atom stereocenters. The van der Waals surface area contributed by atoms with Crippen LogP contribution in [0, 0.1) is 0 Å². The van der Waals surface area contributed by atoms with Crippen molar-refractivity contribution >= 4 is 0 Å². The van der Waals surface area contributed by atoms with Gasteiger partial charge in [-0.25, -0.2) is 0 Å². The molecule has 2 heterocycles. The van der Waals surface area contributed by atoms with Crippen LogP contribution in [0.2, 0.25) is 0 Å². The zero-order valence-electron chi connectivity index (χ0n) is 8.16. The highest BCUT2D eigenvalue weighted by Gasteiger charge is 2.20. The molecule has 13 heavy (non-hydrogen) atoms. The van der Waals surface area contributed by atoms with Crippen molar-refractivity contribution in [2.75, 3.05) is 13.2 Å². The molecular weight excluding hydrogens is 162 g/mol. The van der Waals surface area contributed by atoms with E-state index in [4.69, 9.17) is 4.74 Å². The first kappa shape index (κ1) is 8.70. The third-order valence-corrected chi connectivity index (χ3v) is 2.51. The highest BCUT2D eigenvalue weighted by molar-refractivity contribution is 5.21. The van der Waals surface area contributed by atoms with Gasteiger partial charge in [-0.15, -0.1) is 0 Å². The molecule has 0 unspecified atom stereocenters. The van der Waals surface area contributed by atoms with Crippen molar-refractivity contribution in [3.63, 3.8) is 0 Å². The standard InChI is InChI=1S/C11H15NO/c1-8(2)11-4-3-9(5-12-11)10-6-13-7-10/h3-5,8,10H,6-7H2,1-2H3. The summed E-state index contributed by atoms with van der Waals surface area (Å²) >= 11 is 0. The van der Waals surface area contributed by atoms with Crippen LogP contribution in [0.1, 0.15) is 36.9 Å². The summed E-state index contributed by atoms with van der Waals surface area (Å²) in [5, 5.41) is 0. The second kappa shape index (κ2) is 3.46. The summed E-state index contributed by atoms with van der Waals surface area (Å²) in [7, 11) is 0. The Morgan fingerprint density at radius 2 is 2.15 bits per heavy atom. The molecule has 2 heteroatoms. The topological polar surface area (TPSA) is 22.1 Å². The number of aromatic nitrogens is 1. The van der Waals surface area contributed by atoms with Gasteiger partial charge in [-0.05, 0) is 17.5 Å². The fourth-order valence-corrected chi connectivity index (χ4v) is 1.43. The molecule has 2 rings (SSSR count). The maximum absolute atomic E-state index is 5.14. The molecule has 0 spiro atoms. The fraction of sp³-hybridized carbons (Fsp3) is 0.545. The number of ether oxygens (including phenoxy) is 1. The van der Waals surface area contributed by atoms with E-state index in [1.165, 1.54) is 11.3 Å². The minimum atomic E-state index is 0.520. The van der Waals surface area contributed by atoms with Crippen molar-refractivity contribution in [2.24, 2.45) is 0 Å². The van der Waals surface area contributed by atoms with E-state index in [1.54, 1.807) is 0 Å². The van der Waals surface area contributed by atoms with E-state index in [0.717, 1.165) is 13.2 Å². The Bertz CT molecular complexity index is 275. The zero-order chi connectivity index (χ0) is 9.26. The van der Waals surface area contributed by atoms with Gasteiger partial charge in [-0.2, -0.15) is 0 Å². The summed E-state index contributed by atoms with van der Waals surface area (Å²) in [6.07, 6.45) is 1.99. The van der Waals surface area contributed by atoms with E-state index in [1.807, 2.05) is 6.20 Å². The third-order valence-electron chi connectivity index (χ3n) is 2.51. The van der Waals surface area contributed by atoms with E-state index in [2.05, 4.69) is 31.0 Å². The third kappa shape index (κ3) is 1.73. The second-order valence-corrected chi connectivity index (χ2v) is 3.91. The quantitative estimate of drug-likeness (QED) is 0.691. The maximum Gasteiger partial charge on any atom is 0.0557 e. The molecule has 1 aromatic rings. The van der Waals surface area contributed by atoms with Crippen LogP contribution < -0.4 is 0 Å². The Hall–Kier alpha value is -0.890. The summed E-state index contributed by atoms with van der Waals surface area (Å²) in [5.41, 5.74) is 2.49. The van der Waals surface area contributed by atoms with E-state index < -0.39 is 0 Å². The smallest absolute Gasteiger partial charge is 0.0557 e. The van der Waals surface area contributed by atoms with Crippen LogP contribution >= 0.6 is 0 Å². The van der Waals surface area contributed by atoms with Gasteiger partial charge in [0, 0.05) is 17.8 Å². The summed E-state index contributed by atoms with van der Waals surface area (Å²) in [6, 6.07) is 4.30. The van der Waals surface area contributed by atoms with E-state index >= 15 is 0 Å². The molecule has 0 radical (unpaired) electrons. The number of pyridine rings is 1. The molecule has 1 saturated heterocycles. The Morgan fingerprint density at radius 3 is 2.54 bits per heavy atom. The zero-order valence-corrected chi connectivity index (χ0v) is 8.16. The first-order chi connectivity index (χ1) is 6.27. The van der Waals surface area contributed by atoms with Crippen LogP contribution in [0.25, 0.3) is 0 Å². The largest absolute Gasteiger partial charge is 0.380 e. The van der Waals surface area contributed by atoms with Crippen molar-refractivity contribution in [3.8, 4) is 0 Å². The van der Waals surface area contributed by atoms with Gasteiger partial charge in [-0.3, -0.25) is 4.98 Å². The van der Waals surface area contributed by atoms with E-state index in [9.17, 15) is 0 Å². The molecule has 0 N–H and O–H groups in total. The van der Waals surface area contributed by atoms with Gasteiger partial charge in [0.05, 0.1) is 13.2 Å². The summed E-state index contributed by atoms with van der Waals surface area (Å²) < 4.78 is 5.14. The lowest BCUT2D eigenvalue weighted by Crippen LogP contribution is -2.25. The maximum atomic E-state index is 5.14. The normalized spacial score (nSPS) is 17.5. The number of nitrogens with zero attached hydrogens (tertiary/aromatic N) is 1. The van der Waals surface area contributed by atoms with Crippen LogP contribution in [0.5, 0.6) is 0 Å². The molecule has 1 aliphatic heterocycles. The Morgan fingerprint density at radius 1 is 1.38 bits per heavy atom. The monoisotopic (exact) mass is 177 g/mol. The van der Waals surface area contributed by atoms with Crippen molar-refractivity contribution in [1.29, 1.82) is 0 Å². The molecule has 1 fully saturated rings. The van der Waals surface area contributed by atoms with Gasteiger partial charge < -0.3 is 4.74 Å². The molecule has 0 aliphatic carbocycles. The van der Waals surface area contributed by atoms with E-state index in [0.29, 0.717) is 11.8 Å². The summed E-state index contributed by atoms with van der Waals surface area (Å²) in [6.45, 7) is 6.05. The molecule has 1 aliphatic rings. The summed E-state index contributed by atoms with van der Waals surface area (Å²) in [5.74, 6) is 1.11. The molecule has 1 aromatic heterocycles. The fourth-order valence-electron chi connectivity index (χ4n) is 1.43. The van der Waals surface area contributed by atoms with Crippen LogP contribution in [0.3, 0.4) is 0 Å². The van der Waals surface area contributed by atoms with Crippen LogP contribution in [-0.4, -0.2) is 18.2 Å². The molecule has 0 aromatic carbocycles. The van der Waals surface area contributed by atoms with Crippen molar-refractivity contribution in [2.45, 2.75) is 25.7 Å². The van der Waals surface area contributed by atoms with Gasteiger partial charge in [-0.1, -0.05) is 19.9 Å². The van der Waals surface area contributed by atoms with Gasteiger partial charge in [0.25, 0.3) is 0 Å². The second-order valence-electron chi connectivity index (χ2n) is 3.91. The number of hydrogen-bond acceptors (Lipinski definition) is 2. The average Bonchev–Trinajstić information content (AvgIpc) is 2.02. The van der Waals surface area contributed by atoms with Gasteiger partial charge >= 0.3 is 0 Å². The summed E-state index contributed by atoms with van der Waals surface area (Å²) in [4.78, 5) is 4.43. The molecule has 70 valence electrons. The number of hydrogen-bond donors (Lipinski definition) is 0. The van der Waals surface area contributed by atoms with Gasteiger partial charge in [0.1, 0.15) is 0 Å². The van der Waals surface area contributed by atoms with Crippen LogP contribution in [0.4, 0.5) is 0 Å². The molecule has 0 amide bonds. The highest BCUT2D eigenvalue weighted by atomic mass is 16.5. The van der Waals surface area contributed by atoms with E-state index in [-0.39, 0.29) is 0 Å². The van der Waals surface area contributed by atoms with Crippen molar-refractivity contribution < 1.29 is 4.74 Å². The minimum absolute atomic E-state index is 0.520. The Labute approximate surface area is 78.9 Å². The predicted octanol–water partition coefficient (Wildman–Crippen LogP) is 2.32. The molecule has 0 bridgehead atoms. The van der Waals surface area contributed by atoms with Gasteiger partial charge in [0.2, 0.25) is 0 Å². The van der Waals surface area contributed by atoms with Crippen LogP contribution in [-0.2, 0) is 4.74 Å². The lowest BCUT2D eigenvalue weighted by atomic mass is 9.98. The number of rotatable bonds is 2. The van der Waals surface area contributed by atoms with Crippen LogP contribution in [0.15, 0.2) is 18.3 Å². The van der Waals surface area contributed by atoms with Crippen molar-refractivity contribution in [3.05, 3.63) is 29.6 Å². The SMILES string of the molecule is CC(C)c1ccc(C2COC2)cn1. The minimum Gasteiger partial charge on any atom is -0.380 e. The molecule has 2 nitrogen and oxygen atoms in total. The lowest BCUT2D eigenvalue weighted by Gasteiger charge is -2.26. The first-order valence-electron chi connectivity index (χ1n) is 4.81.